The van der Waals surface area contributed by atoms with Crippen LogP contribution in [0.25, 0.3) is 0 Å². The van der Waals surface area contributed by atoms with Crippen LogP contribution in [0.5, 0.6) is 0 Å². The van der Waals surface area contributed by atoms with Crippen LogP contribution in [0.4, 0.5) is 0 Å². The van der Waals surface area contributed by atoms with Gasteiger partial charge in [-0.3, -0.25) is 0 Å². The maximum Gasteiger partial charge on any atom is 0.110 e. The van der Waals surface area contributed by atoms with Gasteiger partial charge in [0.25, 0.3) is 0 Å². The van der Waals surface area contributed by atoms with Gasteiger partial charge in [0.15, 0.2) is 0 Å². The first-order chi connectivity index (χ1) is 3.42. The standard InChI is InChI=1S/C6H13B2/c1-5(7)8-6(2,3)4/h5H,1-4H3. The van der Waals surface area contributed by atoms with E-state index < -0.39 is 0 Å². The minimum atomic E-state index is 0.218. The first-order valence-corrected chi connectivity index (χ1v) is 3.03. The molecule has 0 aromatic rings. The molecule has 43 valence electrons. The summed E-state index contributed by atoms with van der Waals surface area (Å²) in [6.07, 6.45) is 0. The first kappa shape index (κ1) is 8.13. The Hall–Kier alpha value is 0.130. The third-order valence-electron chi connectivity index (χ3n) is 0.763. The topological polar surface area (TPSA) is 0 Å². The van der Waals surface area contributed by atoms with E-state index in [-0.39, 0.29) is 11.0 Å². The van der Waals surface area contributed by atoms with Gasteiger partial charge in [-0.2, -0.15) is 0 Å². The molecule has 0 bridgehead atoms. The van der Waals surface area contributed by atoms with E-state index in [1.54, 1.807) is 0 Å². The molecule has 0 aromatic heterocycles. The molecule has 0 saturated heterocycles. The Morgan fingerprint density at radius 3 is 1.75 bits per heavy atom. The summed E-state index contributed by atoms with van der Waals surface area (Å²) in [5.74, 6) is 0. The van der Waals surface area contributed by atoms with Crippen molar-refractivity contribution in [1.82, 2.24) is 0 Å². The molecular weight excluding hydrogens is 93.7 g/mol. The van der Waals surface area contributed by atoms with E-state index in [1.807, 2.05) is 6.92 Å². The molecule has 2 heteroatoms. The van der Waals surface area contributed by atoms with Crippen LogP contribution >= 0.6 is 0 Å². The van der Waals surface area contributed by atoms with Gasteiger partial charge in [-0.05, 0) is 0 Å². The average Bonchev–Trinajstić information content (AvgIpc) is 1.21. The van der Waals surface area contributed by atoms with Crippen molar-refractivity contribution in [3.8, 4) is 0 Å². The van der Waals surface area contributed by atoms with Crippen molar-refractivity contribution < 1.29 is 0 Å². The second kappa shape index (κ2) is 2.61. The van der Waals surface area contributed by atoms with Crippen molar-refractivity contribution in [2.45, 2.75) is 38.7 Å². The van der Waals surface area contributed by atoms with Crippen LogP contribution in [0.2, 0.25) is 11.0 Å². The summed E-state index contributed by atoms with van der Waals surface area (Å²) in [4.78, 5) is 0. The zero-order valence-corrected chi connectivity index (χ0v) is 6.23. The molecule has 0 saturated carbocycles. The van der Waals surface area contributed by atoms with Gasteiger partial charge in [0.05, 0.1) is 7.85 Å². The maximum atomic E-state index is 5.52. The molecule has 0 heterocycles. The molecule has 0 fully saturated rings. The van der Waals surface area contributed by atoms with Gasteiger partial charge in [-0.15, -0.1) is 5.72 Å². The van der Waals surface area contributed by atoms with Crippen molar-refractivity contribution in [1.29, 1.82) is 0 Å². The van der Waals surface area contributed by atoms with Crippen LogP contribution in [0, 0.1) is 0 Å². The molecule has 0 aliphatic rings. The monoisotopic (exact) mass is 107 g/mol. The zero-order chi connectivity index (χ0) is 6.78. The van der Waals surface area contributed by atoms with Gasteiger partial charge in [0, 0.05) is 0 Å². The van der Waals surface area contributed by atoms with Crippen LogP contribution in [0.3, 0.4) is 0 Å². The molecule has 0 aliphatic carbocycles. The molecule has 1 unspecified atom stereocenters. The molecule has 0 nitrogen and oxygen atoms in total. The Labute approximate surface area is 54.7 Å². The molecular formula is C6H13B2. The van der Waals surface area contributed by atoms with Gasteiger partial charge in [-0.1, -0.05) is 33.0 Å². The van der Waals surface area contributed by atoms with Gasteiger partial charge < -0.3 is 0 Å². The SMILES string of the molecule is [B]C(C)[B]C(C)(C)C. The lowest BCUT2D eigenvalue weighted by molar-refractivity contribution is 0.747. The summed E-state index contributed by atoms with van der Waals surface area (Å²) < 4.78 is 0. The lowest BCUT2D eigenvalue weighted by Gasteiger charge is -2.18. The predicted octanol–water partition coefficient (Wildman–Crippen LogP) is 1.84. The highest BCUT2D eigenvalue weighted by Gasteiger charge is 2.12. The van der Waals surface area contributed by atoms with E-state index in [0.29, 0.717) is 0 Å². The minimum Gasteiger partial charge on any atom is -0.105 e. The first-order valence-electron chi connectivity index (χ1n) is 3.03. The van der Waals surface area contributed by atoms with Crippen molar-refractivity contribution >= 4 is 15.1 Å². The summed E-state index contributed by atoms with van der Waals surface area (Å²) in [5, 5.41) is 0.272. The molecule has 0 aromatic carbocycles. The molecule has 0 spiro atoms. The van der Waals surface area contributed by atoms with E-state index in [9.17, 15) is 0 Å². The highest BCUT2D eigenvalue weighted by molar-refractivity contribution is 6.52. The Morgan fingerprint density at radius 2 is 1.75 bits per heavy atom. The summed E-state index contributed by atoms with van der Waals surface area (Å²) in [7, 11) is 7.65. The fraction of sp³-hybridized carbons (Fsp3) is 1.00. The van der Waals surface area contributed by atoms with Gasteiger partial charge in [0.2, 0.25) is 0 Å². The van der Waals surface area contributed by atoms with Crippen molar-refractivity contribution in [3.63, 3.8) is 0 Å². The number of hydrogen-bond donors (Lipinski definition) is 0. The zero-order valence-electron chi connectivity index (χ0n) is 6.23. The highest BCUT2D eigenvalue weighted by atomic mass is 14.0. The fourth-order valence-corrected chi connectivity index (χ4v) is 0.789. The quantitative estimate of drug-likeness (QED) is 0.448. The van der Waals surface area contributed by atoms with E-state index in [0.717, 1.165) is 0 Å². The second-order valence-electron chi connectivity index (χ2n) is 3.39. The molecule has 0 amide bonds. The average molecular weight is 107 g/mol. The Bertz CT molecular complexity index is 61.4. The van der Waals surface area contributed by atoms with Gasteiger partial charge >= 0.3 is 0 Å². The molecule has 3 radical (unpaired) electrons. The smallest absolute Gasteiger partial charge is 0.105 e. The van der Waals surface area contributed by atoms with Crippen molar-refractivity contribution in [2.75, 3.05) is 0 Å². The number of rotatable bonds is 1. The molecule has 0 N–H and O–H groups in total. The highest BCUT2D eigenvalue weighted by Crippen LogP contribution is 2.23. The van der Waals surface area contributed by atoms with Crippen LogP contribution in [-0.4, -0.2) is 15.1 Å². The van der Waals surface area contributed by atoms with E-state index >= 15 is 0 Å². The third kappa shape index (κ3) is 6.13. The van der Waals surface area contributed by atoms with E-state index in [1.165, 1.54) is 0 Å². The largest absolute Gasteiger partial charge is 0.110 e. The normalized spacial score (nSPS) is 15.5. The predicted molar refractivity (Wildman–Crippen MR) is 40.6 cm³/mol. The van der Waals surface area contributed by atoms with Gasteiger partial charge in [-0.25, -0.2) is 0 Å². The van der Waals surface area contributed by atoms with Gasteiger partial charge in [0.1, 0.15) is 7.28 Å². The van der Waals surface area contributed by atoms with Crippen molar-refractivity contribution in [2.24, 2.45) is 0 Å². The summed E-state index contributed by atoms with van der Waals surface area (Å²) >= 11 is 0. The summed E-state index contributed by atoms with van der Waals surface area (Å²) in [5.41, 5.74) is 0.218. The lowest BCUT2D eigenvalue weighted by Crippen LogP contribution is -2.12. The van der Waals surface area contributed by atoms with E-state index in [4.69, 9.17) is 7.85 Å². The molecule has 0 aliphatic heterocycles. The van der Waals surface area contributed by atoms with Crippen molar-refractivity contribution in [3.05, 3.63) is 0 Å². The Morgan fingerprint density at radius 1 is 1.38 bits per heavy atom. The van der Waals surface area contributed by atoms with Crippen LogP contribution in [0.1, 0.15) is 27.7 Å². The lowest BCUT2D eigenvalue weighted by atomic mass is 9.43. The van der Waals surface area contributed by atoms with E-state index in [2.05, 4.69) is 28.1 Å². The Kier molecular flexibility index (Phi) is 2.65. The fourth-order valence-electron chi connectivity index (χ4n) is 0.789. The van der Waals surface area contributed by atoms with Crippen LogP contribution in [0.15, 0.2) is 0 Å². The third-order valence-corrected chi connectivity index (χ3v) is 0.763. The molecule has 0 rings (SSSR count). The van der Waals surface area contributed by atoms with Crippen LogP contribution < -0.4 is 0 Å². The molecule has 1 atom stereocenters. The Balaban J connectivity index is 3.39. The second-order valence-corrected chi connectivity index (χ2v) is 3.39. The maximum absolute atomic E-state index is 5.52. The van der Waals surface area contributed by atoms with Crippen LogP contribution in [-0.2, 0) is 0 Å². The summed E-state index contributed by atoms with van der Waals surface area (Å²) in [6, 6.07) is 0. The molecule has 8 heavy (non-hydrogen) atoms. The minimum absolute atomic E-state index is 0.218. The number of hydrogen-bond acceptors (Lipinski definition) is 0. The summed E-state index contributed by atoms with van der Waals surface area (Å²) in [6.45, 7) is 8.44.